The molecule has 0 N–H and O–H groups in total. The van der Waals surface area contributed by atoms with Crippen molar-refractivity contribution in [2.45, 2.75) is 34.1 Å². The number of nitrogens with zero attached hydrogens (tertiary/aromatic N) is 3. The first-order valence-corrected chi connectivity index (χ1v) is 9.29. The van der Waals surface area contributed by atoms with E-state index in [0.29, 0.717) is 23.9 Å². The Morgan fingerprint density at radius 1 is 1.11 bits per heavy atom. The van der Waals surface area contributed by atoms with Gasteiger partial charge in [-0.05, 0) is 42.5 Å². The minimum Gasteiger partial charge on any atom is -0.462 e. The number of hydrogen-bond donors (Lipinski definition) is 0. The van der Waals surface area contributed by atoms with Crippen LogP contribution in [-0.4, -0.2) is 27.3 Å². The molecule has 5 nitrogen and oxygen atoms in total. The van der Waals surface area contributed by atoms with Crippen LogP contribution in [-0.2, 0) is 6.42 Å². The van der Waals surface area contributed by atoms with Crippen LogP contribution in [0.3, 0.4) is 0 Å². The molecule has 5 heteroatoms. The molecule has 0 bridgehead atoms. The first-order valence-electron chi connectivity index (χ1n) is 9.29. The minimum atomic E-state index is -0.220. The number of ether oxygens (including phenoxy) is 1. The number of hydrogen-bond acceptors (Lipinski definition) is 4. The van der Waals surface area contributed by atoms with Gasteiger partial charge in [-0.2, -0.15) is 9.67 Å². The Labute approximate surface area is 160 Å². The Morgan fingerprint density at radius 2 is 1.81 bits per heavy atom. The number of aryl methyl sites for hydroxylation is 2. The topological polar surface area (TPSA) is 57.0 Å². The SMILES string of the molecule is CCc1ccc(C(=O)n2nc(OCC(C)C)nc2-c2ccccc2C)cc1. The summed E-state index contributed by atoms with van der Waals surface area (Å²) in [6.45, 7) is 8.68. The number of benzene rings is 2. The molecule has 0 amide bonds. The van der Waals surface area contributed by atoms with Gasteiger partial charge in [-0.15, -0.1) is 5.10 Å². The molecule has 0 aliphatic heterocycles. The fourth-order valence-corrected chi connectivity index (χ4v) is 2.74. The van der Waals surface area contributed by atoms with Crippen molar-refractivity contribution in [3.63, 3.8) is 0 Å². The van der Waals surface area contributed by atoms with Crippen molar-refractivity contribution in [2.75, 3.05) is 6.61 Å². The van der Waals surface area contributed by atoms with Gasteiger partial charge in [0, 0.05) is 11.1 Å². The summed E-state index contributed by atoms with van der Waals surface area (Å²) in [6, 6.07) is 15.6. The minimum absolute atomic E-state index is 0.220. The molecule has 3 aromatic rings. The Kier molecular flexibility index (Phi) is 5.69. The second kappa shape index (κ2) is 8.16. The maximum Gasteiger partial charge on any atom is 0.336 e. The fraction of sp³-hybridized carbons (Fsp3) is 0.318. The van der Waals surface area contributed by atoms with Gasteiger partial charge >= 0.3 is 6.01 Å². The highest BCUT2D eigenvalue weighted by Crippen LogP contribution is 2.24. The van der Waals surface area contributed by atoms with Crippen LogP contribution in [0.5, 0.6) is 6.01 Å². The number of aromatic nitrogens is 3. The Balaban J connectivity index is 2.03. The molecule has 0 aliphatic rings. The van der Waals surface area contributed by atoms with E-state index in [9.17, 15) is 4.79 Å². The van der Waals surface area contributed by atoms with Gasteiger partial charge in [0.25, 0.3) is 5.91 Å². The molecular formula is C22H25N3O2. The summed E-state index contributed by atoms with van der Waals surface area (Å²) in [5.74, 6) is 0.621. The first-order chi connectivity index (χ1) is 13.0. The smallest absolute Gasteiger partial charge is 0.336 e. The molecule has 0 unspecified atom stereocenters. The van der Waals surface area contributed by atoms with Crippen molar-refractivity contribution in [3.05, 3.63) is 65.2 Å². The zero-order valence-electron chi connectivity index (χ0n) is 16.3. The summed E-state index contributed by atoms with van der Waals surface area (Å²) in [6.07, 6.45) is 0.930. The van der Waals surface area contributed by atoms with Crippen molar-refractivity contribution in [2.24, 2.45) is 5.92 Å². The van der Waals surface area contributed by atoms with E-state index < -0.39 is 0 Å². The second-order valence-electron chi connectivity index (χ2n) is 7.01. The zero-order valence-corrected chi connectivity index (χ0v) is 16.3. The van der Waals surface area contributed by atoms with Gasteiger partial charge in [0.2, 0.25) is 0 Å². The average Bonchev–Trinajstić information content (AvgIpc) is 3.10. The van der Waals surface area contributed by atoms with Gasteiger partial charge in [-0.1, -0.05) is 57.2 Å². The molecule has 0 aliphatic carbocycles. The Bertz CT molecular complexity index is 927. The molecule has 0 saturated carbocycles. The quantitative estimate of drug-likeness (QED) is 0.645. The van der Waals surface area contributed by atoms with Gasteiger partial charge in [0.1, 0.15) is 0 Å². The molecule has 0 saturated heterocycles. The van der Waals surface area contributed by atoms with Crippen molar-refractivity contribution in [3.8, 4) is 17.4 Å². The third-order valence-corrected chi connectivity index (χ3v) is 4.32. The van der Waals surface area contributed by atoms with E-state index in [0.717, 1.165) is 17.5 Å². The Morgan fingerprint density at radius 3 is 2.44 bits per heavy atom. The largest absolute Gasteiger partial charge is 0.462 e. The molecule has 3 rings (SSSR count). The highest BCUT2D eigenvalue weighted by molar-refractivity contribution is 5.97. The molecule has 1 heterocycles. The summed E-state index contributed by atoms with van der Waals surface area (Å²) in [5, 5.41) is 4.35. The molecule has 1 aromatic heterocycles. The lowest BCUT2D eigenvalue weighted by Crippen LogP contribution is -2.16. The van der Waals surface area contributed by atoms with Gasteiger partial charge in [0.05, 0.1) is 6.61 Å². The molecule has 27 heavy (non-hydrogen) atoms. The molecule has 0 spiro atoms. The maximum atomic E-state index is 13.1. The lowest BCUT2D eigenvalue weighted by atomic mass is 10.1. The standard InChI is InChI=1S/C22H25N3O2/c1-5-17-10-12-18(13-11-17)21(26)25-20(19-9-7-6-8-16(19)4)23-22(24-25)27-14-15(2)3/h6-13,15H,5,14H2,1-4H3. The van der Waals surface area contributed by atoms with Gasteiger partial charge in [-0.25, -0.2) is 0 Å². The van der Waals surface area contributed by atoms with Crippen LogP contribution in [0.2, 0.25) is 0 Å². The van der Waals surface area contributed by atoms with E-state index in [1.807, 2.05) is 55.5 Å². The van der Waals surface area contributed by atoms with Crippen molar-refractivity contribution < 1.29 is 9.53 Å². The van der Waals surface area contributed by atoms with E-state index in [2.05, 4.69) is 30.9 Å². The van der Waals surface area contributed by atoms with Crippen LogP contribution in [0.15, 0.2) is 48.5 Å². The summed E-state index contributed by atoms with van der Waals surface area (Å²) in [7, 11) is 0. The molecular weight excluding hydrogens is 338 g/mol. The summed E-state index contributed by atoms with van der Waals surface area (Å²) >= 11 is 0. The maximum absolute atomic E-state index is 13.1. The van der Waals surface area contributed by atoms with Crippen LogP contribution in [0.25, 0.3) is 11.4 Å². The lowest BCUT2D eigenvalue weighted by Gasteiger charge is -2.07. The van der Waals surface area contributed by atoms with Crippen LogP contribution in [0, 0.1) is 12.8 Å². The predicted octanol–water partition coefficient (Wildman–Crippen LogP) is 4.54. The fourth-order valence-electron chi connectivity index (χ4n) is 2.74. The van der Waals surface area contributed by atoms with E-state index in [1.54, 1.807) is 0 Å². The predicted molar refractivity (Wildman–Crippen MR) is 106 cm³/mol. The van der Waals surface area contributed by atoms with Crippen LogP contribution >= 0.6 is 0 Å². The average molecular weight is 363 g/mol. The monoisotopic (exact) mass is 363 g/mol. The summed E-state index contributed by atoms with van der Waals surface area (Å²) in [4.78, 5) is 17.6. The third-order valence-electron chi connectivity index (χ3n) is 4.32. The van der Waals surface area contributed by atoms with Gasteiger partial charge in [0.15, 0.2) is 5.82 Å². The number of rotatable bonds is 6. The summed E-state index contributed by atoms with van der Waals surface area (Å²) in [5.41, 5.74) is 3.64. The van der Waals surface area contributed by atoms with E-state index >= 15 is 0 Å². The van der Waals surface area contributed by atoms with Crippen molar-refractivity contribution in [1.29, 1.82) is 0 Å². The molecule has 0 radical (unpaired) electrons. The van der Waals surface area contributed by atoms with Crippen molar-refractivity contribution >= 4 is 5.91 Å². The van der Waals surface area contributed by atoms with Gasteiger partial charge in [-0.3, -0.25) is 4.79 Å². The summed E-state index contributed by atoms with van der Waals surface area (Å²) < 4.78 is 7.02. The van der Waals surface area contributed by atoms with Crippen LogP contribution in [0.4, 0.5) is 0 Å². The second-order valence-corrected chi connectivity index (χ2v) is 7.01. The number of carbonyl (C=O) groups excluding carboxylic acids is 1. The Hall–Kier alpha value is -2.95. The normalized spacial score (nSPS) is 11.0. The van der Waals surface area contributed by atoms with E-state index in [-0.39, 0.29) is 11.9 Å². The first kappa shape index (κ1) is 18.8. The highest BCUT2D eigenvalue weighted by Gasteiger charge is 2.21. The molecule has 0 atom stereocenters. The highest BCUT2D eigenvalue weighted by atomic mass is 16.5. The molecule has 2 aromatic carbocycles. The van der Waals surface area contributed by atoms with E-state index in [1.165, 1.54) is 10.2 Å². The molecule has 140 valence electrons. The van der Waals surface area contributed by atoms with Gasteiger partial charge < -0.3 is 4.74 Å². The van der Waals surface area contributed by atoms with Crippen molar-refractivity contribution in [1.82, 2.24) is 14.8 Å². The third kappa shape index (κ3) is 4.25. The zero-order chi connectivity index (χ0) is 19.4. The molecule has 0 fully saturated rings. The van der Waals surface area contributed by atoms with E-state index in [4.69, 9.17) is 4.74 Å². The van der Waals surface area contributed by atoms with Crippen LogP contribution < -0.4 is 4.74 Å². The van der Waals surface area contributed by atoms with Crippen LogP contribution in [0.1, 0.15) is 42.3 Å². The number of carbonyl (C=O) groups is 1. The lowest BCUT2D eigenvalue weighted by molar-refractivity contribution is 0.0944.